The van der Waals surface area contributed by atoms with Crippen LogP contribution in [0.5, 0.6) is 0 Å². The quantitative estimate of drug-likeness (QED) is 0.595. The molecule has 0 spiro atoms. The van der Waals surface area contributed by atoms with E-state index in [0.29, 0.717) is 24.5 Å². The average molecular weight is 478 g/mol. The fourth-order valence-electron chi connectivity index (χ4n) is 3.69. The number of aromatic nitrogens is 2. The van der Waals surface area contributed by atoms with Gasteiger partial charge in [0.25, 0.3) is 5.91 Å². The number of alkyl halides is 3. The van der Waals surface area contributed by atoms with Gasteiger partial charge in [-0.3, -0.25) is 4.79 Å². The Morgan fingerprint density at radius 2 is 1.73 bits per heavy atom. The first-order chi connectivity index (χ1) is 15.6. The molecule has 0 atom stereocenters. The summed E-state index contributed by atoms with van der Waals surface area (Å²) in [6, 6.07) is 10.5. The van der Waals surface area contributed by atoms with Crippen molar-refractivity contribution >= 4 is 21.6 Å². The van der Waals surface area contributed by atoms with E-state index in [1.807, 2.05) is 0 Å². The van der Waals surface area contributed by atoms with E-state index in [4.69, 9.17) is 0 Å². The fraction of sp³-hybridized carbons (Fsp3) is 0.273. The van der Waals surface area contributed by atoms with Crippen LogP contribution >= 0.6 is 0 Å². The van der Waals surface area contributed by atoms with Gasteiger partial charge in [-0.25, -0.2) is 13.1 Å². The second kappa shape index (κ2) is 8.64. The predicted molar refractivity (Wildman–Crippen MR) is 116 cm³/mol. The maximum absolute atomic E-state index is 13.0. The van der Waals surface area contributed by atoms with Crippen molar-refractivity contribution < 1.29 is 26.4 Å². The minimum atomic E-state index is -4.49. The largest absolute Gasteiger partial charge is 0.416 e. The first-order valence-electron chi connectivity index (χ1n) is 10.2. The fourth-order valence-corrected chi connectivity index (χ4v) is 5.21. The topological polar surface area (TPSA) is 84.3 Å². The van der Waals surface area contributed by atoms with Crippen LogP contribution in [0, 0.1) is 6.92 Å². The van der Waals surface area contributed by atoms with Gasteiger partial charge in [-0.15, -0.1) is 0 Å². The van der Waals surface area contributed by atoms with E-state index < -0.39 is 27.7 Å². The van der Waals surface area contributed by atoms with Crippen LogP contribution in [-0.2, 0) is 16.2 Å². The Morgan fingerprint density at radius 3 is 2.36 bits per heavy atom. The molecule has 1 fully saturated rings. The van der Waals surface area contributed by atoms with Crippen LogP contribution in [0.3, 0.4) is 0 Å². The summed E-state index contributed by atoms with van der Waals surface area (Å²) in [5.74, 6) is -0.513. The highest BCUT2D eigenvalue weighted by molar-refractivity contribution is 7.89. The van der Waals surface area contributed by atoms with Crippen LogP contribution in [0.15, 0.2) is 59.6 Å². The van der Waals surface area contributed by atoms with Gasteiger partial charge in [-0.1, -0.05) is 6.07 Å². The first kappa shape index (κ1) is 23.0. The molecule has 1 aliphatic heterocycles. The summed E-state index contributed by atoms with van der Waals surface area (Å²) in [5.41, 5.74) is 0.288. The Balaban J connectivity index is 1.52. The Labute approximate surface area is 188 Å². The number of benzene rings is 2. The van der Waals surface area contributed by atoms with E-state index in [2.05, 4.69) is 10.4 Å². The normalized spacial score (nSPS) is 15.0. The van der Waals surface area contributed by atoms with Gasteiger partial charge in [0.05, 0.1) is 33.6 Å². The zero-order valence-electron chi connectivity index (χ0n) is 17.6. The molecule has 1 N–H and O–H groups in total. The molecular formula is C22H21F3N4O3S. The number of amides is 1. The third-order valence-electron chi connectivity index (χ3n) is 5.49. The molecule has 174 valence electrons. The minimum Gasteiger partial charge on any atom is -0.322 e. The average Bonchev–Trinajstić information content (AvgIpc) is 3.44. The Morgan fingerprint density at radius 1 is 1.06 bits per heavy atom. The lowest BCUT2D eigenvalue weighted by molar-refractivity contribution is -0.137. The maximum atomic E-state index is 13.0. The number of nitrogens with zero attached hydrogens (tertiary/aromatic N) is 3. The molecule has 0 unspecified atom stereocenters. The third-order valence-corrected chi connectivity index (χ3v) is 7.40. The van der Waals surface area contributed by atoms with E-state index in [0.717, 1.165) is 25.0 Å². The molecule has 33 heavy (non-hydrogen) atoms. The number of anilines is 1. The van der Waals surface area contributed by atoms with Gasteiger partial charge in [-0.2, -0.15) is 22.6 Å². The van der Waals surface area contributed by atoms with Crippen molar-refractivity contribution in [3.8, 4) is 5.69 Å². The SMILES string of the molecule is Cc1c(C(=O)Nc2ccc(S(=O)(=O)N3CCCC3)cc2)cnn1-c1cccc(C(F)(F)F)c1. The monoisotopic (exact) mass is 478 g/mol. The van der Waals surface area contributed by atoms with Crippen LogP contribution in [0.1, 0.15) is 34.5 Å². The van der Waals surface area contributed by atoms with Gasteiger partial charge < -0.3 is 5.32 Å². The van der Waals surface area contributed by atoms with E-state index >= 15 is 0 Å². The number of hydrogen-bond acceptors (Lipinski definition) is 4. The molecule has 0 saturated carbocycles. The van der Waals surface area contributed by atoms with E-state index in [9.17, 15) is 26.4 Å². The Bertz CT molecular complexity index is 1280. The van der Waals surface area contributed by atoms with Crippen molar-refractivity contribution in [2.24, 2.45) is 0 Å². The molecule has 0 bridgehead atoms. The molecule has 4 rings (SSSR count). The number of rotatable bonds is 5. The lowest BCUT2D eigenvalue weighted by Gasteiger charge is -2.15. The number of carbonyl (C=O) groups is 1. The van der Waals surface area contributed by atoms with Gasteiger partial charge in [0.2, 0.25) is 10.0 Å². The molecule has 1 saturated heterocycles. The Kier molecular flexibility index (Phi) is 6.02. The molecule has 2 heterocycles. The molecule has 0 aliphatic carbocycles. The molecule has 3 aromatic rings. The summed E-state index contributed by atoms with van der Waals surface area (Å²) in [6.07, 6.45) is -1.55. The second-order valence-corrected chi connectivity index (χ2v) is 9.63. The highest BCUT2D eigenvalue weighted by Gasteiger charge is 2.31. The lowest BCUT2D eigenvalue weighted by Crippen LogP contribution is -2.27. The third kappa shape index (κ3) is 4.64. The molecule has 7 nitrogen and oxygen atoms in total. The van der Waals surface area contributed by atoms with Crippen LogP contribution in [0.25, 0.3) is 5.69 Å². The second-order valence-electron chi connectivity index (χ2n) is 7.69. The first-order valence-corrected chi connectivity index (χ1v) is 11.7. The number of nitrogens with one attached hydrogen (secondary N) is 1. The number of sulfonamides is 1. The number of carbonyl (C=O) groups excluding carboxylic acids is 1. The van der Waals surface area contributed by atoms with Crippen molar-refractivity contribution in [3.05, 3.63) is 71.5 Å². The smallest absolute Gasteiger partial charge is 0.322 e. The van der Waals surface area contributed by atoms with E-state index in [1.54, 1.807) is 6.92 Å². The summed E-state index contributed by atoms with van der Waals surface area (Å²) >= 11 is 0. The van der Waals surface area contributed by atoms with Crippen molar-refractivity contribution in [1.82, 2.24) is 14.1 Å². The van der Waals surface area contributed by atoms with Gasteiger partial charge in [-0.05, 0) is 62.2 Å². The maximum Gasteiger partial charge on any atom is 0.416 e. The minimum absolute atomic E-state index is 0.149. The zero-order chi connectivity index (χ0) is 23.8. The highest BCUT2D eigenvalue weighted by atomic mass is 32.2. The number of halogens is 3. The molecule has 11 heteroatoms. The summed E-state index contributed by atoms with van der Waals surface area (Å²) in [5, 5.41) is 6.73. The summed E-state index contributed by atoms with van der Waals surface area (Å²) < 4.78 is 67.0. The van der Waals surface area contributed by atoms with Crippen molar-refractivity contribution in [1.29, 1.82) is 0 Å². The number of hydrogen-bond donors (Lipinski definition) is 1. The molecule has 1 aromatic heterocycles. The van der Waals surface area contributed by atoms with Crippen LogP contribution in [-0.4, -0.2) is 41.5 Å². The van der Waals surface area contributed by atoms with Crippen molar-refractivity contribution in [3.63, 3.8) is 0 Å². The lowest BCUT2D eigenvalue weighted by atomic mass is 10.2. The predicted octanol–water partition coefficient (Wildman–Crippen LogP) is 4.24. The van der Waals surface area contributed by atoms with Gasteiger partial charge >= 0.3 is 6.18 Å². The highest BCUT2D eigenvalue weighted by Crippen LogP contribution is 2.30. The summed E-state index contributed by atoms with van der Waals surface area (Å²) in [7, 11) is -3.56. The summed E-state index contributed by atoms with van der Waals surface area (Å²) in [6.45, 7) is 2.57. The van der Waals surface area contributed by atoms with E-state index in [-0.39, 0.29) is 16.1 Å². The molecule has 2 aromatic carbocycles. The van der Waals surface area contributed by atoms with Gasteiger partial charge in [0, 0.05) is 18.8 Å². The summed E-state index contributed by atoms with van der Waals surface area (Å²) in [4.78, 5) is 12.9. The molecule has 1 aliphatic rings. The van der Waals surface area contributed by atoms with Crippen LogP contribution in [0.4, 0.5) is 18.9 Å². The van der Waals surface area contributed by atoms with Gasteiger partial charge in [0.1, 0.15) is 0 Å². The van der Waals surface area contributed by atoms with E-state index in [1.165, 1.54) is 51.6 Å². The Hall–Kier alpha value is -3.18. The zero-order valence-corrected chi connectivity index (χ0v) is 18.4. The van der Waals surface area contributed by atoms with Crippen molar-refractivity contribution in [2.75, 3.05) is 18.4 Å². The molecule has 0 radical (unpaired) electrons. The van der Waals surface area contributed by atoms with Gasteiger partial charge in [0.15, 0.2) is 0 Å². The van der Waals surface area contributed by atoms with Crippen LogP contribution in [0.2, 0.25) is 0 Å². The molecule has 1 amide bonds. The molecular weight excluding hydrogens is 457 g/mol. The van der Waals surface area contributed by atoms with Crippen LogP contribution < -0.4 is 5.32 Å². The standard InChI is InChI=1S/C22H21F3N4O3S/c1-15-20(14-26-29(15)18-6-4-5-16(13-18)22(23,24)25)21(30)27-17-7-9-19(10-8-17)33(31,32)28-11-2-3-12-28/h4-10,13-14H,2-3,11-12H2,1H3,(H,27,30). The van der Waals surface area contributed by atoms with Crippen molar-refractivity contribution in [2.45, 2.75) is 30.8 Å².